The van der Waals surface area contributed by atoms with Gasteiger partial charge in [-0.15, -0.1) is 0 Å². The van der Waals surface area contributed by atoms with Gasteiger partial charge >= 0.3 is 18.1 Å². The topological polar surface area (TPSA) is 366 Å². The number of anilines is 1. The maximum absolute atomic E-state index is 14.6. The van der Waals surface area contributed by atoms with Gasteiger partial charge in [-0.2, -0.15) is 0 Å². The highest BCUT2D eigenvalue weighted by Gasteiger charge is 2.45. The Morgan fingerprint density at radius 1 is 0.611 bits per heavy atom. The molecule has 0 bridgehead atoms. The minimum Gasteiger partial charge on any atom is -0.467 e. The van der Waals surface area contributed by atoms with Gasteiger partial charge in [0.15, 0.2) is 17.3 Å². The second kappa shape index (κ2) is 49.0. The number of urea groups is 1. The van der Waals surface area contributed by atoms with E-state index in [2.05, 4.69) is 21.3 Å². The molecule has 113 heavy (non-hydrogen) atoms. The molecule has 632 valence electrons. The molecule has 1 fully saturated rings. The van der Waals surface area contributed by atoms with E-state index in [9.17, 15) is 67.1 Å². The maximum Gasteiger partial charge on any atom is 0.410 e. The van der Waals surface area contributed by atoms with Crippen LogP contribution in [-0.4, -0.2) is 218 Å². The molecule has 2 heterocycles. The number of likely N-dealkylation sites (tertiary alicyclic amines) is 1. The van der Waals surface area contributed by atoms with Gasteiger partial charge in [-0.3, -0.25) is 57.6 Å². The number of esters is 1. The van der Waals surface area contributed by atoms with Gasteiger partial charge in [0.05, 0.1) is 61.9 Å². The van der Waals surface area contributed by atoms with Crippen molar-refractivity contribution in [2.75, 3.05) is 67.4 Å². The predicted molar refractivity (Wildman–Crippen MR) is 432 cm³/mol. The minimum atomic E-state index is -0.903. The number of ketones is 3. The number of primary amides is 1. The van der Waals surface area contributed by atoms with E-state index in [1.165, 1.54) is 38.3 Å². The lowest BCUT2D eigenvalue weighted by Gasteiger charge is -2.41. The number of nitrogens with one attached hydrogen (secondary N) is 4. The summed E-state index contributed by atoms with van der Waals surface area (Å²) < 4.78 is 22.5. The number of likely N-dealkylation sites (N-methyl/N-ethyl adjacent to an activating group) is 3. The molecule has 28 heteroatoms. The Labute approximate surface area is 670 Å². The van der Waals surface area contributed by atoms with Gasteiger partial charge in [0.2, 0.25) is 35.4 Å². The molecule has 0 unspecified atom stereocenters. The van der Waals surface area contributed by atoms with Crippen molar-refractivity contribution in [2.45, 2.75) is 249 Å². The minimum absolute atomic E-state index is 0.0141. The lowest BCUT2D eigenvalue weighted by Crippen LogP contribution is -2.55. The Hall–Kier alpha value is -8.92. The monoisotopic (exact) mass is 1580 g/mol. The van der Waals surface area contributed by atoms with Crippen LogP contribution in [0.2, 0.25) is 0 Å². The third-order valence-electron chi connectivity index (χ3n) is 22.0. The van der Waals surface area contributed by atoms with Crippen molar-refractivity contribution >= 4 is 88.4 Å². The van der Waals surface area contributed by atoms with E-state index in [0.29, 0.717) is 69.2 Å². The molecule has 28 nitrogen and oxygen atoms in total. The van der Waals surface area contributed by atoms with Crippen molar-refractivity contribution in [3.8, 4) is 0 Å². The fourth-order valence-corrected chi connectivity index (χ4v) is 14.8. The Morgan fingerprint density at radius 3 is 1.75 bits per heavy atom. The normalized spacial score (nSPS) is 16.6. The first-order valence-electron chi connectivity index (χ1n) is 40.3. The number of methoxy groups -OCH3 is 3. The highest BCUT2D eigenvalue weighted by atomic mass is 16.6. The van der Waals surface area contributed by atoms with Crippen LogP contribution in [0.4, 0.5) is 15.3 Å². The number of imide groups is 1. The molecule has 2 aliphatic heterocycles. The number of nitrogens with zero attached hydrogens (tertiary/aromatic N) is 5. The van der Waals surface area contributed by atoms with Crippen LogP contribution in [0.5, 0.6) is 0 Å². The van der Waals surface area contributed by atoms with Crippen LogP contribution >= 0.6 is 0 Å². The predicted octanol–water partition coefficient (Wildman–Crippen LogP) is 9.66. The van der Waals surface area contributed by atoms with E-state index < -0.39 is 90.2 Å². The molecule has 2 aromatic rings. The summed E-state index contributed by atoms with van der Waals surface area (Å²) in [6.07, 6.45) is 5.36. The lowest BCUT2D eigenvalue weighted by atomic mass is 9.83. The summed E-state index contributed by atoms with van der Waals surface area (Å²) in [5.41, 5.74) is 7.14. The van der Waals surface area contributed by atoms with Gasteiger partial charge in [0, 0.05) is 123 Å². The van der Waals surface area contributed by atoms with Crippen LogP contribution in [0.1, 0.15) is 198 Å². The number of hydrogen-bond donors (Lipinski definition) is 5. The average Bonchev–Trinajstić information content (AvgIpc) is 1.14. The van der Waals surface area contributed by atoms with E-state index in [4.69, 9.17) is 24.7 Å². The van der Waals surface area contributed by atoms with Crippen LogP contribution in [0, 0.1) is 59.2 Å². The zero-order valence-corrected chi connectivity index (χ0v) is 71.1. The lowest BCUT2D eigenvalue weighted by molar-refractivity contribution is -0.150. The Kier molecular flexibility index (Phi) is 42.6. The molecule has 13 atom stereocenters. The van der Waals surface area contributed by atoms with Gasteiger partial charge < -0.3 is 65.5 Å². The molecule has 4 rings (SSSR count). The standard InChI is InChI=1S/C47H78N4O9.C38H56N6O9/c1-16-31(8)42(50(12)46(56)35(29(4)5)26-38(52)41(30(6)7)49(11)45(55)32(9)28(2)3)39(58-13)27-40(53)51-24-20-23-37(51)43(59-14)33(10)44(54)48-36(47(57)60-15)25-34-21-18-17-19-22-34;1-7-29(45)35(25(4)5)43(6)38(52)53-23-26-14-16-28(17-15-26)41-36(50)27(12-11-20-40-37(39)51)22-30(46)34(24(2)3)42-31(47)13-9-8-10-21-44-32(48)18-19-33(44)49/h17-19,21-22,28-33,35-37,39,41-43H,16,20,23-27H2,1-15H3,(H,48,54);14-19,24-25,27,34-35H,7-13,20-23H2,1-6H3,(H,41,50)(H,42,47)(H3,39,40,51)/t31-,32-,33+,35-,36-,37-,39+,41-,42-,43+;27-,34+,35+/m01/s1. The maximum atomic E-state index is 14.6. The van der Waals surface area contributed by atoms with Crippen LogP contribution in [-0.2, 0) is 89.5 Å². The Balaban J connectivity index is 0.000000590. The van der Waals surface area contributed by atoms with E-state index >= 15 is 0 Å². The van der Waals surface area contributed by atoms with Gasteiger partial charge in [-0.1, -0.05) is 159 Å². The van der Waals surface area contributed by atoms with Gasteiger partial charge in [-0.25, -0.2) is 14.4 Å². The van der Waals surface area contributed by atoms with E-state index in [0.717, 1.165) is 10.5 Å². The molecular weight excluding hydrogens is 1450 g/mol. The average molecular weight is 1580 g/mol. The Morgan fingerprint density at radius 2 is 1.22 bits per heavy atom. The molecule has 2 aromatic carbocycles. The second-order valence-corrected chi connectivity index (χ2v) is 32.0. The number of nitrogens with two attached hydrogens (primary N) is 1. The smallest absolute Gasteiger partial charge is 0.410 e. The summed E-state index contributed by atoms with van der Waals surface area (Å²) in [5.74, 6) is -6.36. The van der Waals surface area contributed by atoms with Crippen LogP contribution < -0.4 is 27.0 Å². The summed E-state index contributed by atoms with van der Waals surface area (Å²) in [5, 5.41) is 11.0. The molecule has 2 aliphatic rings. The fraction of sp³-hybridized carbons (Fsp3) is 0.671. The summed E-state index contributed by atoms with van der Waals surface area (Å²) in [6, 6.07) is 11.4. The number of ether oxygens (including phenoxy) is 4. The molecule has 0 aliphatic carbocycles. The third kappa shape index (κ3) is 30.4. The van der Waals surface area contributed by atoms with Crippen LogP contribution in [0.25, 0.3) is 0 Å². The van der Waals surface area contributed by atoms with E-state index in [-0.39, 0.29) is 158 Å². The first-order valence-corrected chi connectivity index (χ1v) is 40.3. The van der Waals surface area contributed by atoms with Crippen molar-refractivity contribution in [3.05, 3.63) is 77.9 Å². The number of rotatable bonds is 47. The number of amides is 11. The molecule has 0 radical (unpaired) electrons. The highest BCUT2D eigenvalue weighted by molar-refractivity contribution is 6.13. The number of benzene rings is 2. The van der Waals surface area contributed by atoms with Gasteiger partial charge in [0.1, 0.15) is 12.6 Å². The zero-order valence-electron chi connectivity index (χ0n) is 71.1. The van der Waals surface area contributed by atoms with Crippen molar-refractivity contribution in [2.24, 2.45) is 64.9 Å². The van der Waals surface area contributed by atoms with Crippen LogP contribution in [0.3, 0.4) is 0 Å². The summed E-state index contributed by atoms with van der Waals surface area (Å²) in [6.45, 7) is 29.4. The number of Topliss-reactive ketones (excluding diaryl/α,β-unsaturated/α-hetero) is 3. The third-order valence-corrected chi connectivity index (χ3v) is 22.0. The quantitative estimate of drug-likeness (QED) is 0.0234. The zero-order chi connectivity index (χ0) is 85.3. The van der Waals surface area contributed by atoms with Crippen molar-refractivity contribution < 1.29 is 86.1 Å². The first kappa shape index (κ1) is 98.3. The molecular formula is C85H134N10O18. The molecule has 0 aromatic heterocycles. The van der Waals surface area contributed by atoms with Crippen LogP contribution in [0.15, 0.2) is 66.7 Å². The summed E-state index contributed by atoms with van der Waals surface area (Å²) in [7, 11) is 9.31. The van der Waals surface area contributed by atoms with Gasteiger partial charge in [-0.05, 0) is 97.3 Å². The molecule has 0 spiro atoms. The molecule has 0 saturated carbocycles. The second-order valence-electron chi connectivity index (χ2n) is 32.0. The first-order chi connectivity index (χ1) is 53.2. The number of carbonyl (C=O) groups excluding carboxylic acids is 14. The fourth-order valence-electron chi connectivity index (χ4n) is 14.8. The number of unbranched alkanes of at least 4 members (excludes halogenated alkanes) is 2. The SMILES string of the molecule is CCC(=O)[C@H](C(C)C)N(C)C(=O)OCc1ccc(NC(=O)[C@H](CCCNC(N)=O)CC(=O)[C@@H](NC(=O)CCCCCN2C(=O)C=CC2=O)C(C)C)cc1.CC[C@H](C)[C@@H]([C@@H](CC(=O)N1CCC[C@H]1[C@H](OC)[C@@H](C)C(=O)N[C@@H](Cc1ccccc1)C(=O)OC)OC)N(C)C(=O)[C@@H](CC(=O)[C@H](C(C)C)N(C)C(=O)[C@@H](C)C(C)C)C(C)C. The summed E-state index contributed by atoms with van der Waals surface area (Å²) in [4.78, 5) is 190. The van der Waals surface area contributed by atoms with E-state index in [1.807, 2.05) is 106 Å². The van der Waals surface area contributed by atoms with Crippen molar-refractivity contribution in [1.29, 1.82) is 0 Å². The van der Waals surface area contributed by atoms with Gasteiger partial charge in [0.25, 0.3) is 11.8 Å². The van der Waals surface area contributed by atoms with Crippen molar-refractivity contribution in [1.82, 2.24) is 40.4 Å². The molecule has 6 N–H and O–H groups in total. The number of carbonyl (C=O) groups is 14. The largest absolute Gasteiger partial charge is 0.467 e. The number of hydrogen-bond acceptors (Lipinski definition) is 18. The molecule has 11 amide bonds. The van der Waals surface area contributed by atoms with E-state index in [1.54, 1.807) is 87.9 Å². The highest BCUT2D eigenvalue weighted by Crippen LogP contribution is 2.33. The Bertz CT molecular complexity index is 3470. The molecule has 1 saturated heterocycles. The summed E-state index contributed by atoms with van der Waals surface area (Å²) >= 11 is 0. The van der Waals surface area contributed by atoms with Crippen molar-refractivity contribution in [3.63, 3.8) is 0 Å².